The van der Waals surface area contributed by atoms with Gasteiger partial charge in [-0.15, -0.1) is 0 Å². The van der Waals surface area contributed by atoms with Crippen molar-refractivity contribution in [1.82, 2.24) is 4.90 Å². The third kappa shape index (κ3) is 3.63. The van der Waals surface area contributed by atoms with Gasteiger partial charge in [-0.2, -0.15) is 0 Å². The van der Waals surface area contributed by atoms with Crippen molar-refractivity contribution in [2.45, 2.75) is 6.54 Å². The van der Waals surface area contributed by atoms with Gasteiger partial charge in [0.25, 0.3) is 0 Å². The predicted octanol–water partition coefficient (Wildman–Crippen LogP) is 4.99. The van der Waals surface area contributed by atoms with E-state index in [2.05, 4.69) is 96.9 Å². The summed E-state index contributed by atoms with van der Waals surface area (Å²) in [4.78, 5) is 2.32. The molecule has 0 aromatic heterocycles. The monoisotopic (exact) mass is 287 g/mol. The van der Waals surface area contributed by atoms with E-state index in [0.29, 0.717) is 0 Å². The first-order chi connectivity index (χ1) is 10.8. The lowest BCUT2D eigenvalue weighted by atomic mass is 10.0. The number of rotatable bonds is 5. The summed E-state index contributed by atoms with van der Waals surface area (Å²) in [7, 11) is 2.15. The van der Waals surface area contributed by atoms with Gasteiger partial charge in [0, 0.05) is 13.1 Å². The fourth-order valence-electron chi connectivity index (χ4n) is 2.72. The minimum atomic E-state index is 0.943. The SMILES string of the molecule is CN(C/C=C/c1cccc2ccccc12)Cc1ccccc1. The van der Waals surface area contributed by atoms with Crippen molar-refractivity contribution in [3.8, 4) is 0 Å². The van der Waals surface area contributed by atoms with Gasteiger partial charge in [-0.3, -0.25) is 4.90 Å². The molecule has 0 aliphatic heterocycles. The van der Waals surface area contributed by atoms with Gasteiger partial charge >= 0.3 is 0 Å². The van der Waals surface area contributed by atoms with Gasteiger partial charge in [-0.05, 0) is 28.9 Å². The van der Waals surface area contributed by atoms with Crippen LogP contribution in [0.15, 0.2) is 78.9 Å². The molecule has 3 aromatic rings. The summed E-state index contributed by atoms with van der Waals surface area (Å²) in [5.74, 6) is 0. The quantitative estimate of drug-likeness (QED) is 0.639. The number of benzene rings is 3. The highest BCUT2D eigenvalue weighted by molar-refractivity contribution is 5.90. The van der Waals surface area contributed by atoms with Crippen molar-refractivity contribution in [3.63, 3.8) is 0 Å². The van der Waals surface area contributed by atoms with Gasteiger partial charge < -0.3 is 0 Å². The fourth-order valence-corrected chi connectivity index (χ4v) is 2.72. The summed E-state index contributed by atoms with van der Waals surface area (Å²) in [5.41, 5.74) is 2.63. The lowest BCUT2D eigenvalue weighted by Crippen LogP contribution is -2.17. The molecule has 3 aromatic carbocycles. The van der Waals surface area contributed by atoms with E-state index in [9.17, 15) is 0 Å². The van der Waals surface area contributed by atoms with E-state index in [-0.39, 0.29) is 0 Å². The van der Waals surface area contributed by atoms with E-state index in [1.807, 2.05) is 0 Å². The van der Waals surface area contributed by atoms with E-state index in [4.69, 9.17) is 0 Å². The molecule has 0 aliphatic rings. The second-order valence-corrected chi connectivity index (χ2v) is 5.65. The highest BCUT2D eigenvalue weighted by Crippen LogP contribution is 2.19. The Morgan fingerprint density at radius 2 is 1.55 bits per heavy atom. The molecule has 0 spiro atoms. The van der Waals surface area contributed by atoms with Crippen LogP contribution in [0.3, 0.4) is 0 Å². The van der Waals surface area contributed by atoms with Gasteiger partial charge in [-0.25, -0.2) is 0 Å². The Hall–Kier alpha value is -2.38. The molecular weight excluding hydrogens is 266 g/mol. The van der Waals surface area contributed by atoms with Crippen LogP contribution in [-0.2, 0) is 6.54 Å². The zero-order valence-corrected chi connectivity index (χ0v) is 12.9. The van der Waals surface area contributed by atoms with Crippen LogP contribution < -0.4 is 0 Å². The molecule has 0 bridgehead atoms. The molecule has 0 fully saturated rings. The third-order valence-corrected chi connectivity index (χ3v) is 3.83. The van der Waals surface area contributed by atoms with E-state index in [1.54, 1.807) is 0 Å². The highest BCUT2D eigenvalue weighted by Gasteiger charge is 1.99. The van der Waals surface area contributed by atoms with Crippen molar-refractivity contribution >= 4 is 16.8 Å². The lowest BCUT2D eigenvalue weighted by Gasteiger charge is -2.14. The Kier molecular flexibility index (Phi) is 4.67. The smallest absolute Gasteiger partial charge is 0.0233 e. The zero-order valence-electron chi connectivity index (χ0n) is 12.9. The van der Waals surface area contributed by atoms with Crippen molar-refractivity contribution in [3.05, 3.63) is 90.0 Å². The maximum Gasteiger partial charge on any atom is 0.0233 e. The molecule has 0 unspecified atom stereocenters. The molecule has 3 rings (SSSR count). The van der Waals surface area contributed by atoms with Crippen LogP contribution in [0.25, 0.3) is 16.8 Å². The molecule has 0 N–H and O–H groups in total. The Bertz CT molecular complexity index is 754. The van der Waals surface area contributed by atoms with Crippen LogP contribution in [0.4, 0.5) is 0 Å². The van der Waals surface area contributed by atoms with Gasteiger partial charge in [0.05, 0.1) is 0 Å². The molecule has 0 aliphatic carbocycles. The normalized spacial score (nSPS) is 11.5. The summed E-state index contributed by atoms with van der Waals surface area (Å²) in [6.45, 7) is 1.92. The number of hydrogen-bond acceptors (Lipinski definition) is 1. The number of likely N-dealkylation sites (N-methyl/N-ethyl adjacent to an activating group) is 1. The lowest BCUT2D eigenvalue weighted by molar-refractivity contribution is 0.364. The van der Waals surface area contributed by atoms with E-state index in [1.165, 1.54) is 21.9 Å². The van der Waals surface area contributed by atoms with Crippen molar-refractivity contribution in [2.24, 2.45) is 0 Å². The summed E-state index contributed by atoms with van der Waals surface area (Å²) < 4.78 is 0. The van der Waals surface area contributed by atoms with Crippen LogP contribution in [0.1, 0.15) is 11.1 Å². The second kappa shape index (κ2) is 7.06. The topological polar surface area (TPSA) is 3.24 Å². The van der Waals surface area contributed by atoms with Crippen LogP contribution in [0.5, 0.6) is 0 Å². The van der Waals surface area contributed by atoms with Crippen LogP contribution in [-0.4, -0.2) is 18.5 Å². The minimum absolute atomic E-state index is 0.943. The average molecular weight is 287 g/mol. The number of nitrogens with zero attached hydrogens (tertiary/aromatic N) is 1. The molecule has 0 amide bonds. The zero-order chi connectivity index (χ0) is 15.2. The van der Waals surface area contributed by atoms with Gasteiger partial charge in [0.2, 0.25) is 0 Å². The summed E-state index contributed by atoms with van der Waals surface area (Å²) in [5, 5.41) is 2.61. The molecule has 0 radical (unpaired) electrons. The molecule has 0 saturated heterocycles. The second-order valence-electron chi connectivity index (χ2n) is 5.65. The Morgan fingerprint density at radius 1 is 0.818 bits per heavy atom. The first-order valence-electron chi connectivity index (χ1n) is 7.70. The van der Waals surface area contributed by atoms with Crippen molar-refractivity contribution < 1.29 is 0 Å². The highest BCUT2D eigenvalue weighted by atomic mass is 15.1. The van der Waals surface area contributed by atoms with Gasteiger partial charge in [0.15, 0.2) is 0 Å². The Balaban J connectivity index is 1.66. The third-order valence-electron chi connectivity index (χ3n) is 3.83. The maximum absolute atomic E-state index is 2.32. The Labute approximate surface area is 132 Å². The molecule has 1 heteroatoms. The maximum atomic E-state index is 2.32. The van der Waals surface area contributed by atoms with Crippen LogP contribution in [0.2, 0.25) is 0 Å². The van der Waals surface area contributed by atoms with Crippen LogP contribution >= 0.6 is 0 Å². The summed E-state index contributed by atoms with van der Waals surface area (Å²) >= 11 is 0. The molecular formula is C21H21N. The largest absolute Gasteiger partial charge is 0.298 e. The predicted molar refractivity (Wildman–Crippen MR) is 95.8 cm³/mol. The molecule has 22 heavy (non-hydrogen) atoms. The molecule has 110 valence electrons. The number of hydrogen-bond donors (Lipinski definition) is 0. The summed E-state index contributed by atoms with van der Waals surface area (Å²) in [6, 6.07) is 25.6. The molecule has 1 nitrogen and oxygen atoms in total. The van der Waals surface area contributed by atoms with Crippen molar-refractivity contribution in [1.29, 1.82) is 0 Å². The standard InChI is InChI=1S/C21H21N/c1-22(17-18-9-3-2-4-10-18)16-8-14-20-13-7-12-19-11-5-6-15-21(19)20/h2-15H,16-17H2,1H3/b14-8+. The molecule has 0 saturated carbocycles. The number of fused-ring (bicyclic) bond motifs is 1. The van der Waals surface area contributed by atoms with Gasteiger partial charge in [-0.1, -0.05) is 84.9 Å². The van der Waals surface area contributed by atoms with Gasteiger partial charge in [0.1, 0.15) is 0 Å². The van der Waals surface area contributed by atoms with E-state index >= 15 is 0 Å². The first-order valence-corrected chi connectivity index (χ1v) is 7.70. The minimum Gasteiger partial charge on any atom is -0.298 e. The average Bonchev–Trinajstić information content (AvgIpc) is 2.56. The molecule has 0 atom stereocenters. The Morgan fingerprint density at radius 3 is 2.41 bits per heavy atom. The van der Waals surface area contributed by atoms with Crippen molar-refractivity contribution in [2.75, 3.05) is 13.6 Å². The summed E-state index contributed by atoms with van der Waals surface area (Å²) in [6.07, 6.45) is 4.47. The van der Waals surface area contributed by atoms with E-state index < -0.39 is 0 Å². The molecule has 0 heterocycles. The first kappa shape index (κ1) is 14.6. The fraction of sp³-hybridized carbons (Fsp3) is 0.143. The van der Waals surface area contributed by atoms with E-state index in [0.717, 1.165) is 13.1 Å². The van der Waals surface area contributed by atoms with Crippen LogP contribution in [0, 0.1) is 0 Å².